The van der Waals surface area contributed by atoms with Gasteiger partial charge in [-0.3, -0.25) is 4.79 Å². The zero-order valence-corrected chi connectivity index (χ0v) is 11.1. The van der Waals surface area contributed by atoms with Crippen LogP contribution in [0.4, 0.5) is 0 Å². The Balaban J connectivity index is 2.23. The van der Waals surface area contributed by atoms with Crippen LogP contribution in [0.25, 0.3) is 11.3 Å². The normalized spacial score (nSPS) is 12.1. The fraction of sp³-hybridized carbons (Fsp3) is 0.214. The quantitative estimate of drug-likeness (QED) is 0.624. The monoisotopic (exact) mass is 258 g/mol. The molecule has 0 bridgehead atoms. The van der Waals surface area contributed by atoms with Crippen LogP contribution < -0.4 is 0 Å². The Bertz CT molecular complexity index is 543. The molecule has 2 rings (SSSR count). The van der Waals surface area contributed by atoms with Crippen molar-refractivity contribution in [3.63, 3.8) is 0 Å². The van der Waals surface area contributed by atoms with Gasteiger partial charge in [-0.1, -0.05) is 42.1 Å². The minimum atomic E-state index is -0.0801. The Kier molecular flexibility index (Phi) is 4.10. The average molecular weight is 258 g/mol. The molecule has 0 fully saturated rings. The number of Topliss-reactive ketones (excluding diaryl/α,β-unsaturated/α-hetero) is 1. The molecule has 0 aliphatic rings. The maximum atomic E-state index is 11.2. The van der Waals surface area contributed by atoms with Gasteiger partial charge in [-0.05, 0) is 19.9 Å². The minimum Gasteiger partial charge on any atom is -0.299 e. The zero-order valence-electron chi connectivity index (χ0n) is 10.3. The van der Waals surface area contributed by atoms with E-state index in [1.165, 1.54) is 18.1 Å². The van der Waals surface area contributed by atoms with Gasteiger partial charge in [-0.25, -0.2) is 9.97 Å². The van der Waals surface area contributed by atoms with Crippen LogP contribution in [0.5, 0.6) is 0 Å². The lowest BCUT2D eigenvalue weighted by molar-refractivity contribution is -0.116. The molecule has 3 nitrogen and oxygen atoms in total. The van der Waals surface area contributed by atoms with Gasteiger partial charge in [0, 0.05) is 5.56 Å². The molecule has 0 amide bonds. The summed E-state index contributed by atoms with van der Waals surface area (Å²) in [5.41, 5.74) is 1.93. The molecular weight excluding hydrogens is 244 g/mol. The van der Waals surface area contributed by atoms with Gasteiger partial charge in [-0.15, -0.1) is 0 Å². The Labute approximate surface area is 111 Å². The highest BCUT2D eigenvalue weighted by molar-refractivity contribution is 8.00. The van der Waals surface area contributed by atoms with Crippen molar-refractivity contribution in [2.45, 2.75) is 24.1 Å². The van der Waals surface area contributed by atoms with Crippen molar-refractivity contribution in [1.29, 1.82) is 0 Å². The third-order valence-corrected chi connectivity index (χ3v) is 3.73. The van der Waals surface area contributed by atoms with Crippen molar-refractivity contribution in [2.24, 2.45) is 0 Å². The van der Waals surface area contributed by atoms with Crippen LogP contribution in [0.2, 0.25) is 0 Å². The van der Waals surface area contributed by atoms with Crippen molar-refractivity contribution in [2.75, 3.05) is 0 Å². The predicted octanol–water partition coefficient (Wildman–Crippen LogP) is 3.21. The SMILES string of the molecule is CC(=O)[C@H](C)Sc1cc(-c2ccccc2)ncn1. The number of nitrogens with zero attached hydrogens (tertiary/aromatic N) is 2. The number of carbonyl (C=O) groups excluding carboxylic acids is 1. The summed E-state index contributed by atoms with van der Waals surface area (Å²) in [5, 5.41) is 0.745. The van der Waals surface area contributed by atoms with E-state index in [1.54, 1.807) is 6.92 Å². The number of hydrogen-bond donors (Lipinski definition) is 0. The van der Waals surface area contributed by atoms with Gasteiger partial charge in [0.2, 0.25) is 0 Å². The summed E-state index contributed by atoms with van der Waals surface area (Å²) in [6.07, 6.45) is 1.54. The molecule has 2 aromatic rings. The molecule has 0 N–H and O–H groups in total. The van der Waals surface area contributed by atoms with Crippen LogP contribution in [0.1, 0.15) is 13.8 Å². The number of benzene rings is 1. The summed E-state index contributed by atoms with van der Waals surface area (Å²) in [5.74, 6) is 0.153. The van der Waals surface area contributed by atoms with Crippen LogP contribution in [0.3, 0.4) is 0 Å². The van der Waals surface area contributed by atoms with E-state index in [0.29, 0.717) is 0 Å². The van der Waals surface area contributed by atoms with E-state index in [2.05, 4.69) is 9.97 Å². The Morgan fingerprint density at radius 1 is 1.22 bits per heavy atom. The second-order valence-electron chi connectivity index (χ2n) is 3.98. The van der Waals surface area contributed by atoms with Crippen LogP contribution in [0, 0.1) is 0 Å². The highest BCUT2D eigenvalue weighted by atomic mass is 32.2. The number of thioether (sulfide) groups is 1. The smallest absolute Gasteiger partial charge is 0.142 e. The largest absolute Gasteiger partial charge is 0.299 e. The molecule has 0 radical (unpaired) electrons. The Morgan fingerprint density at radius 2 is 1.94 bits per heavy atom. The van der Waals surface area contributed by atoms with E-state index in [0.717, 1.165) is 16.3 Å². The minimum absolute atomic E-state index is 0.0801. The lowest BCUT2D eigenvalue weighted by atomic mass is 10.1. The predicted molar refractivity (Wildman–Crippen MR) is 73.5 cm³/mol. The molecule has 0 saturated heterocycles. The third-order valence-electron chi connectivity index (χ3n) is 2.58. The molecule has 0 aliphatic heterocycles. The molecule has 18 heavy (non-hydrogen) atoms. The van der Waals surface area contributed by atoms with Crippen molar-refractivity contribution in [1.82, 2.24) is 9.97 Å². The first-order valence-corrected chi connectivity index (χ1v) is 6.59. The van der Waals surface area contributed by atoms with Gasteiger partial charge < -0.3 is 0 Å². The second kappa shape index (κ2) is 5.78. The van der Waals surface area contributed by atoms with Crippen molar-refractivity contribution < 1.29 is 4.79 Å². The fourth-order valence-corrected chi connectivity index (χ4v) is 2.25. The van der Waals surface area contributed by atoms with Crippen LogP contribution in [0.15, 0.2) is 47.8 Å². The number of aromatic nitrogens is 2. The molecular formula is C14H14N2OS. The first-order chi connectivity index (χ1) is 8.66. The highest BCUT2D eigenvalue weighted by Crippen LogP contribution is 2.25. The van der Waals surface area contributed by atoms with E-state index < -0.39 is 0 Å². The van der Waals surface area contributed by atoms with Crippen molar-refractivity contribution >= 4 is 17.5 Å². The Morgan fingerprint density at radius 3 is 2.61 bits per heavy atom. The summed E-state index contributed by atoms with van der Waals surface area (Å²) < 4.78 is 0. The van der Waals surface area contributed by atoms with Gasteiger partial charge in [0.15, 0.2) is 0 Å². The van der Waals surface area contributed by atoms with E-state index in [4.69, 9.17) is 0 Å². The van der Waals surface area contributed by atoms with Gasteiger partial charge in [0.1, 0.15) is 17.1 Å². The number of ketones is 1. The maximum Gasteiger partial charge on any atom is 0.142 e. The summed E-state index contributed by atoms with van der Waals surface area (Å²) in [6, 6.07) is 11.8. The molecule has 4 heteroatoms. The van der Waals surface area contributed by atoms with Crippen LogP contribution in [-0.2, 0) is 4.79 Å². The van der Waals surface area contributed by atoms with Gasteiger partial charge in [0.05, 0.1) is 10.9 Å². The average Bonchev–Trinajstić information content (AvgIpc) is 2.40. The lowest BCUT2D eigenvalue weighted by Crippen LogP contribution is -2.08. The Hall–Kier alpha value is -1.68. The van der Waals surface area contributed by atoms with Crippen LogP contribution >= 0.6 is 11.8 Å². The molecule has 1 aromatic carbocycles. The standard InChI is InChI=1S/C14H14N2OS/c1-10(17)11(2)18-14-8-13(15-9-16-14)12-6-4-3-5-7-12/h3-9,11H,1-2H3/t11-/m0/s1. The van der Waals surface area contributed by atoms with E-state index in [1.807, 2.05) is 43.3 Å². The lowest BCUT2D eigenvalue weighted by Gasteiger charge is -2.07. The maximum absolute atomic E-state index is 11.2. The highest BCUT2D eigenvalue weighted by Gasteiger charge is 2.11. The van der Waals surface area contributed by atoms with Crippen molar-refractivity contribution in [3.8, 4) is 11.3 Å². The van der Waals surface area contributed by atoms with Crippen LogP contribution in [-0.4, -0.2) is 21.0 Å². The fourth-order valence-electron chi connectivity index (χ4n) is 1.43. The van der Waals surface area contributed by atoms with Gasteiger partial charge in [0.25, 0.3) is 0 Å². The summed E-state index contributed by atoms with van der Waals surface area (Å²) >= 11 is 1.46. The third kappa shape index (κ3) is 3.17. The molecule has 0 aliphatic carbocycles. The number of carbonyl (C=O) groups is 1. The van der Waals surface area contributed by atoms with E-state index in [-0.39, 0.29) is 11.0 Å². The molecule has 1 heterocycles. The first kappa shape index (κ1) is 12.8. The summed E-state index contributed by atoms with van der Waals surface area (Å²) in [7, 11) is 0. The molecule has 1 atom stereocenters. The summed E-state index contributed by atoms with van der Waals surface area (Å²) in [4.78, 5) is 19.7. The zero-order chi connectivity index (χ0) is 13.0. The number of hydrogen-bond acceptors (Lipinski definition) is 4. The molecule has 0 saturated carbocycles. The molecule has 92 valence electrons. The molecule has 0 unspecified atom stereocenters. The van der Waals surface area contributed by atoms with Gasteiger partial charge >= 0.3 is 0 Å². The van der Waals surface area contributed by atoms with E-state index >= 15 is 0 Å². The summed E-state index contributed by atoms with van der Waals surface area (Å²) in [6.45, 7) is 3.48. The van der Waals surface area contributed by atoms with E-state index in [9.17, 15) is 4.79 Å². The second-order valence-corrected chi connectivity index (χ2v) is 5.34. The molecule has 1 aromatic heterocycles. The van der Waals surface area contributed by atoms with Crippen molar-refractivity contribution in [3.05, 3.63) is 42.7 Å². The molecule has 0 spiro atoms. The first-order valence-electron chi connectivity index (χ1n) is 5.71. The van der Waals surface area contributed by atoms with Gasteiger partial charge in [-0.2, -0.15) is 0 Å². The topological polar surface area (TPSA) is 42.9 Å². The number of rotatable bonds is 4.